The molecule has 1 aromatic rings. The molecule has 5 nitrogen and oxygen atoms in total. The highest BCUT2D eigenvalue weighted by Gasteiger charge is 2.64. The van der Waals surface area contributed by atoms with Crippen molar-refractivity contribution in [1.29, 1.82) is 0 Å². The van der Waals surface area contributed by atoms with E-state index in [-0.39, 0.29) is 16.7 Å². The zero-order chi connectivity index (χ0) is 14.3. The lowest BCUT2D eigenvalue weighted by atomic mass is 10.0. The Morgan fingerprint density at radius 1 is 1.26 bits per heavy atom. The van der Waals surface area contributed by atoms with Crippen molar-refractivity contribution in [3.05, 3.63) is 5.01 Å². The van der Waals surface area contributed by atoms with E-state index in [2.05, 4.69) is 48.5 Å². The van der Waals surface area contributed by atoms with E-state index in [1.54, 1.807) is 0 Å². The Morgan fingerprint density at radius 2 is 1.89 bits per heavy atom. The summed E-state index contributed by atoms with van der Waals surface area (Å²) in [7, 11) is 0. The first-order valence-corrected chi connectivity index (χ1v) is 7.48. The monoisotopic (exact) mass is 282 g/mol. The maximum Gasteiger partial charge on any atom is 0.282 e. The Morgan fingerprint density at radius 3 is 2.42 bits per heavy atom. The number of aromatic nitrogens is 2. The molecule has 0 bridgehead atoms. The zero-order valence-corrected chi connectivity index (χ0v) is 13.0. The molecule has 2 rings (SSSR count). The van der Waals surface area contributed by atoms with E-state index in [1.165, 1.54) is 11.3 Å². The molecule has 0 unspecified atom stereocenters. The third-order valence-electron chi connectivity index (χ3n) is 4.73. The highest BCUT2D eigenvalue weighted by atomic mass is 32.1. The number of nitrogens with one attached hydrogen (secondary N) is 2. The van der Waals surface area contributed by atoms with Crippen LogP contribution in [-0.4, -0.2) is 29.2 Å². The van der Waals surface area contributed by atoms with Gasteiger partial charge in [0.15, 0.2) is 0 Å². The molecular formula is C13H22N4OS. The minimum Gasteiger partial charge on any atom is -0.360 e. The SMILES string of the molecule is CCNc1nnc(C(=O)NCC2C(C)(C)C2(C)C)s1. The van der Waals surface area contributed by atoms with Gasteiger partial charge in [0.1, 0.15) is 0 Å². The van der Waals surface area contributed by atoms with Gasteiger partial charge in [0.2, 0.25) is 10.1 Å². The molecular weight excluding hydrogens is 260 g/mol. The van der Waals surface area contributed by atoms with Crippen LogP contribution in [0.3, 0.4) is 0 Å². The molecule has 1 saturated carbocycles. The number of nitrogens with zero attached hydrogens (tertiary/aromatic N) is 2. The van der Waals surface area contributed by atoms with Gasteiger partial charge in [-0.1, -0.05) is 39.0 Å². The second-order valence-corrected chi connectivity index (χ2v) is 7.13. The number of carbonyl (C=O) groups is 1. The van der Waals surface area contributed by atoms with Crippen molar-refractivity contribution in [3.63, 3.8) is 0 Å². The van der Waals surface area contributed by atoms with Crippen LogP contribution in [0.2, 0.25) is 0 Å². The molecule has 6 heteroatoms. The van der Waals surface area contributed by atoms with Gasteiger partial charge in [-0.15, -0.1) is 10.2 Å². The van der Waals surface area contributed by atoms with Gasteiger partial charge in [0, 0.05) is 13.1 Å². The maximum absolute atomic E-state index is 12.0. The summed E-state index contributed by atoms with van der Waals surface area (Å²) in [5.41, 5.74) is 0.576. The number of anilines is 1. The van der Waals surface area contributed by atoms with Gasteiger partial charge in [0.25, 0.3) is 5.91 Å². The highest BCUT2D eigenvalue weighted by molar-refractivity contribution is 7.17. The summed E-state index contributed by atoms with van der Waals surface area (Å²) in [6.45, 7) is 12.5. The zero-order valence-electron chi connectivity index (χ0n) is 12.2. The number of rotatable bonds is 5. The Bertz CT molecular complexity index is 467. The molecule has 1 aromatic heterocycles. The molecule has 0 aliphatic heterocycles. The van der Waals surface area contributed by atoms with E-state index in [0.29, 0.717) is 22.6 Å². The number of amides is 1. The quantitative estimate of drug-likeness (QED) is 0.870. The molecule has 0 atom stereocenters. The first-order valence-electron chi connectivity index (χ1n) is 6.66. The predicted molar refractivity (Wildman–Crippen MR) is 77.5 cm³/mol. The summed E-state index contributed by atoms with van der Waals surface area (Å²) in [5.74, 6) is 0.394. The van der Waals surface area contributed by atoms with Crippen molar-refractivity contribution >= 4 is 22.4 Å². The minimum absolute atomic E-state index is 0.125. The molecule has 1 fully saturated rings. The first kappa shape index (κ1) is 14.2. The smallest absolute Gasteiger partial charge is 0.282 e. The summed E-state index contributed by atoms with van der Waals surface area (Å²) in [4.78, 5) is 12.0. The average Bonchev–Trinajstić information content (AvgIpc) is 2.71. The van der Waals surface area contributed by atoms with Crippen LogP contribution in [-0.2, 0) is 0 Å². The fraction of sp³-hybridized carbons (Fsp3) is 0.769. The summed E-state index contributed by atoms with van der Waals surface area (Å²) in [6.07, 6.45) is 0. The van der Waals surface area contributed by atoms with Gasteiger partial charge in [-0.25, -0.2) is 0 Å². The molecule has 106 valence electrons. The molecule has 0 spiro atoms. The molecule has 1 aliphatic rings. The van der Waals surface area contributed by atoms with Crippen LogP contribution in [0.25, 0.3) is 0 Å². The molecule has 0 radical (unpaired) electrons. The largest absolute Gasteiger partial charge is 0.360 e. The highest BCUT2D eigenvalue weighted by Crippen LogP contribution is 2.67. The fourth-order valence-corrected chi connectivity index (χ4v) is 3.38. The topological polar surface area (TPSA) is 66.9 Å². The van der Waals surface area contributed by atoms with E-state index < -0.39 is 0 Å². The van der Waals surface area contributed by atoms with Crippen molar-refractivity contribution < 1.29 is 4.79 Å². The normalized spacial score (nSPS) is 20.1. The van der Waals surface area contributed by atoms with Gasteiger partial charge in [-0.05, 0) is 23.7 Å². The summed E-state index contributed by atoms with van der Waals surface area (Å²) < 4.78 is 0. The van der Waals surface area contributed by atoms with Crippen molar-refractivity contribution in [2.24, 2.45) is 16.7 Å². The third kappa shape index (κ3) is 2.45. The lowest BCUT2D eigenvalue weighted by Crippen LogP contribution is -2.27. The molecule has 1 amide bonds. The van der Waals surface area contributed by atoms with Gasteiger partial charge < -0.3 is 10.6 Å². The summed E-state index contributed by atoms with van der Waals surface area (Å²) in [5, 5.41) is 15.0. The molecule has 1 aliphatic carbocycles. The van der Waals surface area contributed by atoms with E-state index in [9.17, 15) is 4.79 Å². The Labute approximate surface area is 118 Å². The Kier molecular flexibility index (Phi) is 3.55. The van der Waals surface area contributed by atoms with Crippen LogP contribution < -0.4 is 10.6 Å². The van der Waals surface area contributed by atoms with Gasteiger partial charge in [0.05, 0.1) is 0 Å². The number of hydrogen-bond donors (Lipinski definition) is 2. The minimum atomic E-state index is -0.125. The average molecular weight is 282 g/mol. The molecule has 1 heterocycles. The molecule has 0 aromatic carbocycles. The molecule has 19 heavy (non-hydrogen) atoms. The Balaban J connectivity index is 1.88. The second-order valence-electron chi connectivity index (χ2n) is 6.15. The maximum atomic E-state index is 12.0. The van der Waals surface area contributed by atoms with E-state index in [1.807, 2.05) is 6.92 Å². The van der Waals surface area contributed by atoms with Crippen LogP contribution in [0.1, 0.15) is 44.4 Å². The van der Waals surface area contributed by atoms with Crippen LogP contribution in [0.5, 0.6) is 0 Å². The molecule has 0 saturated heterocycles. The van der Waals surface area contributed by atoms with E-state index >= 15 is 0 Å². The van der Waals surface area contributed by atoms with Crippen molar-refractivity contribution in [2.45, 2.75) is 34.6 Å². The van der Waals surface area contributed by atoms with Crippen LogP contribution in [0.15, 0.2) is 0 Å². The second kappa shape index (κ2) is 4.74. The summed E-state index contributed by atoms with van der Waals surface area (Å²) in [6, 6.07) is 0. The van der Waals surface area contributed by atoms with E-state index in [4.69, 9.17) is 0 Å². The van der Waals surface area contributed by atoms with Crippen molar-refractivity contribution in [2.75, 3.05) is 18.4 Å². The van der Waals surface area contributed by atoms with Crippen molar-refractivity contribution in [3.8, 4) is 0 Å². The van der Waals surface area contributed by atoms with Crippen molar-refractivity contribution in [1.82, 2.24) is 15.5 Å². The lowest BCUT2D eigenvalue weighted by Gasteiger charge is -2.04. The molecule has 2 N–H and O–H groups in total. The number of hydrogen-bond acceptors (Lipinski definition) is 5. The number of carbonyl (C=O) groups excluding carboxylic acids is 1. The fourth-order valence-electron chi connectivity index (χ4n) is 2.65. The van der Waals surface area contributed by atoms with Crippen LogP contribution in [0.4, 0.5) is 5.13 Å². The Hall–Kier alpha value is -1.17. The van der Waals surface area contributed by atoms with E-state index in [0.717, 1.165) is 6.54 Å². The van der Waals surface area contributed by atoms with Crippen LogP contribution >= 0.6 is 11.3 Å². The first-order chi connectivity index (χ1) is 8.80. The summed E-state index contributed by atoms with van der Waals surface area (Å²) >= 11 is 1.29. The van der Waals surface area contributed by atoms with Gasteiger partial charge >= 0.3 is 0 Å². The lowest BCUT2D eigenvalue weighted by molar-refractivity contribution is 0.0949. The predicted octanol–water partition coefficient (Wildman–Crippen LogP) is 2.38. The van der Waals surface area contributed by atoms with Gasteiger partial charge in [-0.2, -0.15) is 0 Å². The van der Waals surface area contributed by atoms with Gasteiger partial charge in [-0.3, -0.25) is 4.79 Å². The van der Waals surface area contributed by atoms with Crippen LogP contribution in [0, 0.1) is 16.7 Å². The third-order valence-corrected chi connectivity index (χ3v) is 5.61. The standard InChI is InChI=1S/C13H22N4OS/c1-6-14-11-17-16-10(19-11)9(18)15-7-8-12(2,3)13(8,4)5/h8H,6-7H2,1-5H3,(H,14,17)(H,15,18).